The Bertz CT molecular complexity index is 1410. The van der Waals surface area contributed by atoms with Crippen LogP contribution in [0.15, 0.2) is 77.3 Å². The molecule has 2 aromatic carbocycles. The van der Waals surface area contributed by atoms with Crippen molar-refractivity contribution >= 4 is 21.9 Å². The summed E-state index contributed by atoms with van der Waals surface area (Å²) in [6.45, 7) is 8.85. The van der Waals surface area contributed by atoms with E-state index in [0.717, 1.165) is 57.4 Å². The molecule has 0 fully saturated rings. The Labute approximate surface area is 195 Å². The lowest BCUT2D eigenvalue weighted by atomic mass is 10.00. The Morgan fingerprint density at radius 3 is 2.36 bits per heavy atom. The molecule has 0 atom stereocenters. The van der Waals surface area contributed by atoms with Crippen LogP contribution < -0.4 is 0 Å². The predicted octanol–water partition coefficient (Wildman–Crippen LogP) is 7.96. The summed E-state index contributed by atoms with van der Waals surface area (Å²) in [5, 5.41) is 2.26. The average Bonchev–Trinajstić information content (AvgIpc) is 3.17. The summed E-state index contributed by atoms with van der Waals surface area (Å²) in [7, 11) is 0. The number of para-hydroxylation sites is 1. The van der Waals surface area contributed by atoms with Crippen LogP contribution in [-0.4, -0.2) is 9.97 Å². The average molecular weight is 435 g/mol. The lowest BCUT2D eigenvalue weighted by molar-refractivity contribution is 0.646. The minimum absolute atomic E-state index is 0.264. The van der Waals surface area contributed by atoms with Gasteiger partial charge < -0.3 is 4.42 Å². The summed E-state index contributed by atoms with van der Waals surface area (Å²) in [6.07, 6.45) is 3.76. The van der Waals surface area contributed by atoms with Gasteiger partial charge in [0.25, 0.3) is 0 Å². The highest BCUT2D eigenvalue weighted by Gasteiger charge is 2.19. The molecule has 0 spiro atoms. The monoisotopic (exact) mass is 434 g/mol. The molecule has 3 heterocycles. The molecule has 0 unspecified atom stereocenters. The second kappa shape index (κ2) is 8.82. The highest BCUT2D eigenvalue weighted by Crippen LogP contribution is 2.38. The summed E-state index contributed by atoms with van der Waals surface area (Å²) in [6, 6.07) is 23.4. The van der Waals surface area contributed by atoms with Gasteiger partial charge in [-0.15, -0.1) is 0 Å². The van der Waals surface area contributed by atoms with Crippen LogP contribution in [0.2, 0.25) is 0 Å². The van der Waals surface area contributed by atoms with Gasteiger partial charge in [0.1, 0.15) is 5.58 Å². The summed E-state index contributed by atoms with van der Waals surface area (Å²) in [5.41, 5.74) is 8.43. The van der Waals surface area contributed by atoms with Crippen LogP contribution >= 0.6 is 0 Å². The van der Waals surface area contributed by atoms with Gasteiger partial charge in [-0.3, -0.25) is 9.97 Å². The van der Waals surface area contributed by atoms with Crippen molar-refractivity contribution in [1.29, 1.82) is 0 Å². The van der Waals surface area contributed by atoms with Crippen molar-refractivity contribution in [3.63, 3.8) is 0 Å². The van der Waals surface area contributed by atoms with Gasteiger partial charge in [-0.05, 0) is 53.6 Å². The Hall–Kier alpha value is -3.46. The van der Waals surface area contributed by atoms with E-state index in [0.29, 0.717) is 5.92 Å². The van der Waals surface area contributed by atoms with E-state index in [4.69, 9.17) is 14.4 Å². The minimum Gasteiger partial charge on any atom is -0.453 e. The van der Waals surface area contributed by atoms with Crippen molar-refractivity contribution in [3.8, 4) is 11.3 Å². The molecular formula is C30H30N2O. The molecule has 3 nitrogen and oxygen atoms in total. The summed E-state index contributed by atoms with van der Waals surface area (Å²) < 4.78 is 6.55. The van der Waals surface area contributed by atoms with Crippen LogP contribution in [0.25, 0.3) is 33.2 Å². The molecule has 0 N–H and O–H groups in total. The molecule has 0 radical (unpaired) electrons. The molecule has 0 bridgehead atoms. The van der Waals surface area contributed by atoms with Gasteiger partial charge in [-0.1, -0.05) is 70.2 Å². The maximum Gasteiger partial charge on any atom is 0.157 e. The van der Waals surface area contributed by atoms with Gasteiger partial charge in [0.05, 0.1) is 11.4 Å². The van der Waals surface area contributed by atoms with Crippen molar-refractivity contribution in [3.05, 3.63) is 95.4 Å². The van der Waals surface area contributed by atoms with Crippen LogP contribution in [0.1, 0.15) is 56.1 Å². The van der Waals surface area contributed by atoms with E-state index in [1.165, 1.54) is 11.1 Å². The van der Waals surface area contributed by atoms with Crippen molar-refractivity contribution in [1.82, 2.24) is 9.97 Å². The van der Waals surface area contributed by atoms with E-state index in [-0.39, 0.29) is 5.92 Å². The lowest BCUT2D eigenvalue weighted by Crippen LogP contribution is -1.99. The van der Waals surface area contributed by atoms with Gasteiger partial charge in [0.2, 0.25) is 0 Å². The number of hydrogen-bond acceptors (Lipinski definition) is 3. The summed E-state index contributed by atoms with van der Waals surface area (Å²) in [4.78, 5) is 9.72. The molecule has 0 saturated heterocycles. The fraction of sp³-hybridized carbons (Fsp3) is 0.267. The molecule has 0 aliphatic rings. The molecule has 166 valence electrons. The first-order valence-electron chi connectivity index (χ1n) is 11.8. The number of nitrogens with zero attached hydrogens (tertiary/aromatic N) is 2. The highest BCUT2D eigenvalue weighted by molar-refractivity contribution is 6.10. The van der Waals surface area contributed by atoms with E-state index >= 15 is 0 Å². The minimum atomic E-state index is 0.264. The smallest absolute Gasteiger partial charge is 0.157 e. The Morgan fingerprint density at radius 2 is 1.61 bits per heavy atom. The zero-order chi connectivity index (χ0) is 22.9. The van der Waals surface area contributed by atoms with Crippen molar-refractivity contribution in [2.45, 2.75) is 46.5 Å². The first kappa shape index (κ1) is 21.4. The second-order valence-corrected chi connectivity index (χ2v) is 9.62. The molecule has 0 aliphatic carbocycles. The largest absolute Gasteiger partial charge is 0.453 e. The fourth-order valence-electron chi connectivity index (χ4n) is 4.58. The quantitative estimate of drug-likeness (QED) is 0.272. The van der Waals surface area contributed by atoms with Crippen LogP contribution in [-0.2, 0) is 12.8 Å². The fourth-order valence-corrected chi connectivity index (χ4v) is 4.58. The van der Waals surface area contributed by atoms with Crippen LogP contribution in [0, 0.1) is 5.92 Å². The van der Waals surface area contributed by atoms with Crippen LogP contribution in [0.4, 0.5) is 0 Å². The third-order valence-corrected chi connectivity index (χ3v) is 6.08. The predicted molar refractivity (Wildman–Crippen MR) is 137 cm³/mol. The molecule has 5 rings (SSSR count). The maximum absolute atomic E-state index is 6.55. The van der Waals surface area contributed by atoms with Gasteiger partial charge in [-0.2, -0.15) is 0 Å². The van der Waals surface area contributed by atoms with E-state index in [1.54, 1.807) is 0 Å². The van der Waals surface area contributed by atoms with E-state index < -0.39 is 0 Å². The molecular weight excluding hydrogens is 404 g/mol. The number of pyridine rings is 2. The van der Waals surface area contributed by atoms with Crippen molar-refractivity contribution < 1.29 is 4.42 Å². The molecule has 3 heteroatoms. The van der Waals surface area contributed by atoms with Gasteiger partial charge >= 0.3 is 0 Å². The zero-order valence-electron chi connectivity index (χ0n) is 19.8. The highest BCUT2D eigenvalue weighted by atomic mass is 16.3. The normalized spacial score (nSPS) is 11.8. The number of rotatable bonds is 6. The Morgan fingerprint density at radius 1 is 0.788 bits per heavy atom. The zero-order valence-corrected chi connectivity index (χ0v) is 19.8. The molecule has 0 saturated carbocycles. The molecule has 5 aromatic rings. The Balaban J connectivity index is 1.68. The second-order valence-electron chi connectivity index (χ2n) is 9.62. The number of aromatic nitrogens is 2. The first-order valence-corrected chi connectivity index (χ1v) is 11.8. The number of hydrogen-bond donors (Lipinski definition) is 0. The molecule has 33 heavy (non-hydrogen) atoms. The molecule has 0 amide bonds. The third-order valence-electron chi connectivity index (χ3n) is 6.08. The molecule has 3 aromatic heterocycles. The van der Waals surface area contributed by atoms with E-state index in [9.17, 15) is 0 Å². The van der Waals surface area contributed by atoms with E-state index in [1.807, 2.05) is 6.20 Å². The van der Waals surface area contributed by atoms with Crippen LogP contribution in [0.3, 0.4) is 0 Å². The SMILES string of the molecule is CC(C)Cc1ccnc(-c2cccc3c2oc2c(C(C)C)nc(Cc4ccccc4)cc23)c1. The van der Waals surface area contributed by atoms with Crippen molar-refractivity contribution in [2.24, 2.45) is 5.92 Å². The third kappa shape index (κ3) is 4.28. The van der Waals surface area contributed by atoms with Crippen LogP contribution in [0.5, 0.6) is 0 Å². The standard InChI is InChI=1S/C30H30N2O/c1-19(2)15-22-13-14-31-27(17-22)25-12-8-11-24-26-18-23(16-21-9-6-5-7-10-21)32-28(20(3)4)30(26)33-29(24)25/h5-14,17-20H,15-16H2,1-4H3. The number of fused-ring (bicyclic) bond motifs is 3. The number of furan rings is 1. The lowest BCUT2D eigenvalue weighted by Gasteiger charge is -2.09. The van der Waals surface area contributed by atoms with Gasteiger partial charge in [0, 0.05) is 34.6 Å². The molecule has 0 aliphatic heterocycles. The number of benzene rings is 2. The van der Waals surface area contributed by atoms with Gasteiger partial charge in [0.15, 0.2) is 5.58 Å². The maximum atomic E-state index is 6.55. The van der Waals surface area contributed by atoms with Crippen molar-refractivity contribution in [2.75, 3.05) is 0 Å². The summed E-state index contributed by atoms with van der Waals surface area (Å²) in [5.74, 6) is 0.865. The first-order chi connectivity index (χ1) is 16.0. The summed E-state index contributed by atoms with van der Waals surface area (Å²) >= 11 is 0. The van der Waals surface area contributed by atoms with Gasteiger partial charge in [-0.25, -0.2) is 0 Å². The topological polar surface area (TPSA) is 38.9 Å². The van der Waals surface area contributed by atoms with E-state index in [2.05, 4.69) is 94.4 Å². The Kier molecular flexibility index (Phi) is 5.72.